The first-order valence-corrected chi connectivity index (χ1v) is 8.28. The zero-order valence-corrected chi connectivity index (χ0v) is 14.3. The second-order valence-corrected chi connectivity index (χ2v) is 6.01. The third-order valence-electron chi connectivity index (χ3n) is 4.10. The van der Waals surface area contributed by atoms with Gasteiger partial charge in [-0.1, -0.05) is 18.2 Å². The summed E-state index contributed by atoms with van der Waals surface area (Å²) < 4.78 is 53.2. The van der Waals surface area contributed by atoms with Crippen LogP contribution in [0.25, 0.3) is 0 Å². The van der Waals surface area contributed by atoms with E-state index in [1.165, 1.54) is 42.5 Å². The highest BCUT2D eigenvalue weighted by molar-refractivity contribution is 5.74. The maximum absolute atomic E-state index is 13.2. The molecule has 0 saturated heterocycles. The summed E-state index contributed by atoms with van der Waals surface area (Å²) in [5.74, 6) is -2.42. The van der Waals surface area contributed by atoms with Crippen molar-refractivity contribution in [3.8, 4) is 11.5 Å². The lowest BCUT2D eigenvalue weighted by molar-refractivity contribution is -0.286. The van der Waals surface area contributed by atoms with E-state index < -0.39 is 30.1 Å². The lowest BCUT2D eigenvalue weighted by Crippen LogP contribution is -2.27. The molecule has 1 aliphatic rings. The Morgan fingerprint density at radius 3 is 2.48 bits per heavy atom. The van der Waals surface area contributed by atoms with Crippen LogP contribution in [0.2, 0.25) is 0 Å². The molecular formula is C19H17F3O5. The number of fused-ring (bicyclic) bond motifs is 1. The predicted molar refractivity (Wildman–Crippen MR) is 87.8 cm³/mol. The largest absolute Gasteiger partial charge is 0.586 e. The van der Waals surface area contributed by atoms with Crippen LogP contribution in [0.4, 0.5) is 13.2 Å². The topological polar surface area (TPSA) is 65.0 Å². The zero-order valence-electron chi connectivity index (χ0n) is 14.3. The number of aliphatic hydroxyl groups excluding tert-OH is 1. The van der Waals surface area contributed by atoms with Gasteiger partial charge in [0.25, 0.3) is 0 Å². The first-order valence-electron chi connectivity index (χ1n) is 8.28. The molecule has 0 radical (unpaired) electrons. The summed E-state index contributed by atoms with van der Waals surface area (Å²) in [6.07, 6.45) is -5.01. The van der Waals surface area contributed by atoms with Crippen molar-refractivity contribution < 1.29 is 37.3 Å². The van der Waals surface area contributed by atoms with Gasteiger partial charge in [-0.05, 0) is 48.7 Å². The number of rotatable bonds is 6. The molecule has 144 valence electrons. The molecule has 2 aromatic rings. The number of esters is 1. The number of alkyl halides is 2. The molecule has 0 bridgehead atoms. The van der Waals surface area contributed by atoms with Gasteiger partial charge in [0.05, 0.1) is 18.6 Å². The Morgan fingerprint density at radius 2 is 1.81 bits per heavy atom. The molecule has 2 aromatic carbocycles. The zero-order chi connectivity index (χ0) is 19.6. The van der Waals surface area contributed by atoms with Gasteiger partial charge in [-0.3, -0.25) is 4.79 Å². The Labute approximate surface area is 153 Å². The van der Waals surface area contributed by atoms with Crippen molar-refractivity contribution in [2.45, 2.75) is 25.7 Å². The Kier molecular flexibility index (Phi) is 5.27. The van der Waals surface area contributed by atoms with Crippen LogP contribution in [-0.2, 0) is 16.0 Å². The van der Waals surface area contributed by atoms with Crippen LogP contribution >= 0.6 is 0 Å². The molecule has 2 atom stereocenters. The number of carbonyl (C=O) groups excluding carboxylic acids is 1. The normalized spacial score (nSPS) is 16.6. The van der Waals surface area contributed by atoms with E-state index in [1.54, 1.807) is 6.92 Å². The van der Waals surface area contributed by atoms with Crippen molar-refractivity contribution in [2.75, 3.05) is 6.61 Å². The third kappa shape index (κ3) is 4.33. The van der Waals surface area contributed by atoms with Crippen LogP contribution in [-0.4, -0.2) is 24.0 Å². The van der Waals surface area contributed by atoms with Gasteiger partial charge in [-0.15, -0.1) is 8.78 Å². The van der Waals surface area contributed by atoms with E-state index in [2.05, 4.69) is 9.47 Å². The molecule has 5 nitrogen and oxygen atoms in total. The summed E-state index contributed by atoms with van der Waals surface area (Å²) >= 11 is 0. The Hall–Kier alpha value is -2.74. The van der Waals surface area contributed by atoms with Crippen molar-refractivity contribution in [2.24, 2.45) is 5.92 Å². The summed E-state index contributed by atoms with van der Waals surface area (Å²) in [5, 5.41) is 10.6. The van der Waals surface area contributed by atoms with Crippen molar-refractivity contribution in [3.63, 3.8) is 0 Å². The molecule has 2 unspecified atom stereocenters. The fourth-order valence-electron chi connectivity index (χ4n) is 2.84. The molecule has 0 amide bonds. The lowest BCUT2D eigenvalue weighted by atomic mass is 9.89. The highest BCUT2D eigenvalue weighted by atomic mass is 19.3. The average molecular weight is 382 g/mol. The molecule has 1 aliphatic heterocycles. The number of carbonyl (C=O) groups is 1. The SMILES string of the molecule is CCOC(=O)C(Cc1ccc2c(c1)OC(F)(F)O2)C(O)c1ccc(F)cc1. The lowest BCUT2D eigenvalue weighted by Gasteiger charge is -2.22. The summed E-state index contributed by atoms with van der Waals surface area (Å²) in [6.45, 7) is 1.74. The quantitative estimate of drug-likeness (QED) is 0.774. The minimum absolute atomic E-state index is 0.000409. The van der Waals surface area contributed by atoms with Crippen LogP contribution in [0.15, 0.2) is 42.5 Å². The number of hydrogen-bond donors (Lipinski definition) is 1. The average Bonchev–Trinajstić information content (AvgIpc) is 2.93. The number of ether oxygens (including phenoxy) is 3. The maximum Gasteiger partial charge on any atom is 0.586 e. The van der Waals surface area contributed by atoms with Gasteiger partial charge >= 0.3 is 12.3 Å². The first kappa shape index (κ1) is 19.0. The minimum Gasteiger partial charge on any atom is -0.466 e. The summed E-state index contributed by atoms with van der Waals surface area (Å²) in [6, 6.07) is 9.19. The van der Waals surface area contributed by atoms with E-state index in [-0.39, 0.29) is 24.5 Å². The highest BCUT2D eigenvalue weighted by Crippen LogP contribution is 2.42. The Bertz CT molecular complexity index is 823. The van der Waals surface area contributed by atoms with E-state index in [0.29, 0.717) is 11.1 Å². The van der Waals surface area contributed by atoms with E-state index in [9.17, 15) is 23.1 Å². The van der Waals surface area contributed by atoms with E-state index in [4.69, 9.17) is 4.74 Å². The number of hydrogen-bond acceptors (Lipinski definition) is 5. The Morgan fingerprint density at radius 1 is 1.15 bits per heavy atom. The van der Waals surface area contributed by atoms with E-state index in [1.807, 2.05) is 0 Å². The van der Waals surface area contributed by atoms with Crippen LogP contribution in [0.3, 0.4) is 0 Å². The number of aliphatic hydroxyl groups is 1. The summed E-state index contributed by atoms with van der Waals surface area (Å²) in [7, 11) is 0. The molecule has 3 rings (SSSR count). The van der Waals surface area contributed by atoms with Gasteiger partial charge in [0.1, 0.15) is 5.82 Å². The summed E-state index contributed by atoms with van der Waals surface area (Å²) in [5.41, 5.74) is 0.802. The molecule has 0 aromatic heterocycles. The van der Waals surface area contributed by atoms with E-state index in [0.717, 1.165) is 0 Å². The smallest absolute Gasteiger partial charge is 0.466 e. The number of benzene rings is 2. The minimum atomic E-state index is -3.74. The second kappa shape index (κ2) is 7.48. The molecule has 0 spiro atoms. The van der Waals surface area contributed by atoms with Gasteiger partial charge in [-0.2, -0.15) is 0 Å². The van der Waals surface area contributed by atoms with Crippen LogP contribution in [0.1, 0.15) is 24.2 Å². The molecule has 0 aliphatic carbocycles. The molecule has 0 fully saturated rings. The highest BCUT2D eigenvalue weighted by Gasteiger charge is 2.43. The fourth-order valence-corrected chi connectivity index (χ4v) is 2.84. The van der Waals surface area contributed by atoms with Gasteiger partial charge in [-0.25, -0.2) is 4.39 Å². The third-order valence-corrected chi connectivity index (χ3v) is 4.10. The fraction of sp³-hybridized carbons (Fsp3) is 0.316. The van der Waals surface area contributed by atoms with Gasteiger partial charge in [0, 0.05) is 0 Å². The van der Waals surface area contributed by atoms with Crippen molar-refractivity contribution >= 4 is 5.97 Å². The van der Waals surface area contributed by atoms with Gasteiger partial charge in [0.2, 0.25) is 0 Å². The van der Waals surface area contributed by atoms with E-state index >= 15 is 0 Å². The predicted octanol–water partition coefficient (Wildman–Crippen LogP) is 3.60. The monoisotopic (exact) mass is 382 g/mol. The number of halogens is 3. The second-order valence-electron chi connectivity index (χ2n) is 6.01. The van der Waals surface area contributed by atoms with Crippen molar-refractivity contribution in [3.05, 3.63) is 59.4 Å². The Balaban J connectivity index is 1.84. The molecular weight excluding hydrogens is 365 g/mol. The van der Waals surface area contributed by atoms with Gasteiger partial charge < -0.3 is 19.3 Å². The first-order chi connectivity index (χ1) is 12.8. The van der Waals surface area contributed by atoms with Crippen LogP contribution in [0.5, 0.6) is 11.5 Å². The molecule has 8 heteroatoms. The van der Waals surface area contributed by atoms with Crippen LogP contribution in [0, 0.1) is 11.7 Å². The molecule has 1 N–H and O–H groups in total. The van der Waals surface area contributed by atoms with Crippen molar-refractivity contribution in [1.29, 1.82) is 0 Å². The maximum atomic E-state index is 13.2. The summed E-state index contributed by atoms with van der Waals surface area (Å²) in [4.78, 5) is 12.3. The molecule has 1 heterocycles. The van der Waals surface area contributed by atoms with Crippen molar-refractivity contribution in [1.82, 2.24) is 0 Å². The van der Waals surface area contributed by atoms with Crippen LogP contribution < -0.4 is 9.47 Å². The van der Waals surface area contributed by atoms with Gasteiger partial charge in [0.15, 0.2) is 11.5 Å². The molecule has 27 heavy (non-hydrogen) atoms. The standard InChI is InChI=1S/C19H17F3O5/c1-2-25-18(24)14(17(23)12-4-6-13(20)7-5-12)9-11-3-8-15-16(10-11)27-19(21,22)26-15/h3-8,10,14,17,23H,2,9H2,1H3. The molecule has 0 saturated carbocycles.